The van der Waals surface area contributed by atoms with Crippen LogP contribution in [-0.4, -0.2) is 17.4 Å². The molecule has 3 nitrogen and oxygen atoms in total. The van der Waals surface area contributed by atoms with Crippen molar-refractivity contribution in [2.24, 2.45) is 4.99 Å². The third-order valence-electron chi connectivity index (χ3n) is 2.39. The highest BCUT2D eigenvalue weighted by molar-refractivity contribution is 5.80. The highest BCUT2D eigenvalue weighted by Crippen LogP contribution is 2.16. The Bertz CT molecular complexity index is 547. The van der Waals surface area contributed by atoms with E-state index in [1.54, 1.807) is 13.8 Å². The monoisotopic (exact) mass is 281 g/mol. The first-order valence-electron chi connectivity index (χ1n) is 6.03. The minimum absolute atomic E-state index is 0.0823. The van der Waals surface area contributed by atoms with Gasteiger partial charge in [0.25, 0.3) is 0 Å². The summed E-state index contributed by atoms with van der Waals surface area (Å²) in [5, 5.41) is 9.25. The molecule has 108 valence electrons. The van der Waals surface area contributed by atoms with Gasteiger partial charge in [-0.25, -0.2) is 8.78 Å². The number of aliphatic hydroxyl groups excluding tert-OH is 1. The summed E-state index contributed by atoms with van der Waals surface area (Å²) in [5.41, 5.74) is 1.10. The Morgan fingerprint density at radius 2 is 2.10 bits per heavy atom. The maximum atomic E-state index is 13.5. The molecule has 0 heterocycles. The van der Waals surface area contributed by atoms with Crippen LogP contribution < -0.4 is 0 Å². The van der Waals surface area contributed by atoms with Gasteiger partial charge in [0.2, 0.25) is 0 Å². The quantitative estimate of drug-likeness (QED) is 0.493. The molecule has 1 aromatic rings. The van der Waals surface area contributed by atoms with Crippen molar-refractivity contribution in [2.75, 3.05) is 6.61 Å². The highest BCUT2D eigenvalue weighted by atomic mass is 19.2. The summed E-state index contributed by atoms with van der Waals surface area (Å²) in [6.45, 7) is 6.58. The Morgan fingerprint density at radius 1 is 1.40 bits per heavy atom. The third-order valence-corrected chi connectivity index (χ3v) is 2.39. The average Bonchev–Trinajstić information content (AvgIpc) is 2.42. The van der Waals surface area contributed by atoms with Gasteiger partial charge in [-0.1, -0.05) is 18.7 Å². The van der Waals surface area contributed by atoms with Crippen LogP contribution in [0, 0.1) is 11.6 Å². The van der Waals surface area contributed by atoms with Gasteiger partial charge in [0, 0.05) is 11.3 Å². The minimum Gasteiger partial charge on any atom is -0.487 e. The summed E-state index contributed by atoms with van der Waals surface area (Å²) < 4.78 is 31.9. The maximum absolute atomic E-state index is 13.5. The predicted octanol–water partition coefficient (Wildman–Crippen LogP) is 3.35. The molecule has 1 rings (SSSR count). The molecule has 0 unspecified atom stereocenters. The first-order chi connectivity index (χ1) is 9.49. The zero-order chi connectivity index (χ0) is 15.1. The minimum atomic E-state index is -0.948. The third kappa shape index (κ3) is 4.28. The van der Waals surface area contributed by atoms with Gasteiger partial charge in [0.05, 0.1) is 6.61 Å². The van der Waals surface area contributed by atoms with Gasteiger partial charge in [0.15, 0.2) is 11.6 Å². The van der Waals surface area contributed by atoms with E-state index in [0.29, 0.717) is 0 Å². The van der Waals surface area contributed by atoms with E-state index in [2.05, 4.69) is 11.6 Å². The van der Waals surface area contributed by atoms with Gasteiger partial charge < -0.3 is 9.84 Å². The molecule has 0 amide bonds. The van der Waals surface area contributed by atoms with E-state index >= 15 is 0 Å². The fraction of sp³-hybridized carbons (Fsp3) is 0.267. The second-order valence-electron chi connectivity index (χ2n) is 4.23. The number of halogens is 2. The van der Waals surface area contributed by atoms with Crippen LogP contribution in [0.15, 0.2) is 47.3 Å². The number of benzene rings is 1. The van der Waals surface area contributed by atoms with E-state index in [-0.39, 0.29) is 30.2 Å². The lowest BCUT2D eigenvalue weighted by Gasteiger charge is -2.11. The molecule has 0 aliphatic rings. The summed E-state index contributed by atoms with van der Waals surface area (Å²) in [5.74, 6) is -1.64. The highest BCUT2D eigenvalue weighted by Gasteiger charge is 2.10. The molecule has 0 saturated carbocycles. The number of hydrogen-bond donors (Lipinski definition) is 1. The van der Waals surface area contributed by atoms with Crippen LogP contribution in [0.4, 0.5) is 8.78 Å². The van der Waals surface area contributed by atoms with E-state index in [1.807, 2.05) is 0 Å². The SMILES string of the molecule is C=C/C(OCc1cccc(F)c1F)=C(/CO)N=C(C)C. The topological polar surface area (TPSA) is 41.8 Å². The van der Waals surface area contributed by atoms with Crippen molar-refractivity contribution in [3.05, 3.63) is 59.5 Å². The number of aliphatic hydroxyl groups is 1. The first-order valence-corrected chi connectivity index (χ1v) is 6.03. The fourth-order valence-electron chi connectivity index (χ4n) is 1.51. The van der Waals surface area contributed by atoms with Crippen molar-refractivity contribution >= 4 is 5.71 Å². The standard InChI is InChI=1S/C15H17F2NO2/c1-4-14(13(8-19)18-10(2)3)20-9-11-6-5-7-12(16)15(11)17/h4-7,19H,1,8-9H2,2-3H3/b14-13+. The van der Waals surface area contributed by atoms with Gasteiger partial charge in [-0.05, 0) is 26.0 Å². The molecule has 0 spiro atoms. The summed E-state index contributed by atoms with van der Waals surface area (Å²) in [6.07, 6.45) is 1.37. The number of aliphatic imine (C=N–C) groups is 1. The van der Waals surface area contributed by atoms with E-state index in [0.717, 1.165) is 11.8 Å². The normalized spacial score (nSPS) is 11.7. The maximum Gasteiger partial charge on any atom is 0.165 e. The summed E-state index contributed by atoms with van der Waals surface area (Å²) >= 11 is 0. The van der Waals surface area contributed by atoms with Gasteiger partial charge in [0.1, 0.15) is 18.1 Å². The molecule has 0 atom stereocenters. The second-order valence-corrected chi connectivity index (χ2v) is 4.23. The lowest BCUT2D eigenvalue weighted by Crippen LogP contribution is -2.02. The first kappa shape index (κ1) is 16.0. The molecule has 0 aliphatic carbocycles. The molecule has 0 bridgehead atoms. The van der Waals surface area contributed by atoms with Crippen molar-refractivity contribution < 1.29 is 18.6 Å². The zero-order valence-electron chi connectivity index (χ0n) is 11.5. The Balaban J connectivity index is 2.95. The van der Waals surface area contributed by atoms with Crippen LogP contribution in [0.2, 0.25) is 0 Å². The van der Waals surface area contributed by atoms with Gasteiger partial charge in [-0.15, -0.1) is 0 Å². The number of allylic oxidation sites excluding steroid dienone is 1. The van der Waals surface area contributed by atoms with Crippen LogP contribution in [0.1, 0.15) is 19.4 Å². The average molecular weight is 281 g/mol. The fourth-order valence-corrected chi connectivity index (χ4v) is 1.51. The van der Waals surface area contributed by atoms with Crippen molar-refractivity contribution in [2.45, 2.75) is 20.5 Å². The van der Waals surface area contributed by atoms with Crippen molar-refractivity contribution in [3.8, 4) is 0 Å². The van der Waals surface area contributed by atoms with Crippen LogP contribution in [0.5, 0.6) is 0 Å². The molecule has 0 aliphatic heterocycles. The molecule has 5 heteroatoms. The second kappa shape index (κ2) is 7.55. The Labute approximate surface area is 116 Å². The van der Waals surface area contributed by atoms with Crippen LogP contribution >= 0.6 is 0 Å². The predicted molar refractivity (Wildman–Crippen MR) is 74.2 cm³/mol. The lowest BCUT2D eigenvalue weighted by molar-refractivity contribution is 0.197. The number of ether oxygens (including phenoxy) is 1. The van der Waals surface area contributed by atoms with Crippen molar-refractivity contribution in [1.82, 2.24) is 0 Å². The molecule has 20 heavy (non-hydrogen) atoms. The molecular weight excluding hydrogens is 264 g/mol. The molecule has 1 aromatic carbocycles. The Kier molecular flexibility index (Phi) is 6.06. The smallest absolute Gasteiger partial charge is 0.165 e. The van der Waals surface area contributed by atoms with Gasteiger partial charge in [-0.3, -0.25) is 4.99 Å². The lowest BCUT2D eigenvalue weighted by atomic mass is 10.2. The number of nitrogens with zero attached hydrogens (tertiary/aromatic N) is 1. The van der Waals surface area contributed by atoms with Crippen LogP contribution in [0.25, 0.3) is 0 Å². The molecule has 0 fully saturated rings. The number of hydrogen-bond acceptors (Lipinski definition) is 3. The summed E-state index contributed by atoms with van der Waals surface area (Å²) in [4.78, 5) is 4.10. The van der Waals surface area contributed by atoms with Gasteiger partial charge >= 0.3 is 0 Å². The van der Waals surface area contributed by atoms with E-state index in [9.17, 15) is 13.9 Å². The van der Waals surface area contributed by atoms with E-state index in [4.69, 9.17) is 4.74 Å². The number of rotatable bonds is 6. The van der Waals surface area contributed by atoms with Crippen LogP contribution in [-0.2, 0) is 11.3 Å². The Morgan fingerprint density at radius 3 is 2.65 bits per heavy atom. The molecular formula is C15H17F2NO2. The summed E-state index contributed by atoms with van der Waals surface area (Å²) in [7, 11) is 0. The molecule has 0 radical (unpaired) electrons. The summed E-state index contributed by atoms with van der Waals surface area (Å²) in [6, 6.07) is 3.86. The largest absolute Gasteiger partial charge is 0.487 e. The molecule has 0 saturated heterocycles. The Hall–Kier alpha value is -2.01. The van der Waals surface area contributed by atoms with Crippen molar-refractivity contribution in [1.29, 1.82) is 0 Å². The zero-order valence-corrected chi connectivity index (χ0v) is 11.5. The van der Waals surface area contributed by atoms with Gasteiger partial charge in [-0.2, -0.15) is 0 Å². The van der Waals surface area contributed by atoms with Crippen LogP contribution in [0.3, 0.4) is 0 Å². The molecule has 0 aromatic heterocycles. The molecule has 1 N–H and O–H groups in total. The van der Waals surface area contributed by atoms with E-state index in [1.165, 1.54) is 18.2 Å². The van der Waals surface area contributed by atoms with Crippen molar-refractivity contribution in [3.63, 3.8) is 0 Å². The van der Waals surface area contributed by atoms with E-state index < -0.39 is 11.6 Å².